The molecule has 0 fully saturated rings. The lowest BCUT2D eigenvalue weighted by Crippen LogP contribution is -2.74. The average Bonchev–Trinajstić information content (AvgIpc) is 3.73. The zero-order valence-electron chi connectivity index (χ0n) is 28.0. The summed E-state index contributed by atoms with van der Waals surface area (Å²) in [5, 5.41) is 10.6. The van der Waals surface area contributed by atoms with E-state index < -0.39 is 8.07 Å². The summed E-state index contributed by atoms with van der Waals surface area (Å²) in [6.45, 7) is 0. The molecule has 10 aromatic rings. The van der Waals surface area contributed by atoms with E-state index >= 15 is 0 Å². The van der Waals surface area contributed by atoms with Crippen molar-refractivity contribution in [3.63, 3.8) is 0 Å². The van der Waals surface area contributed by atoms with Gasteiger partial charge in [-0.2, -0.15) is 0 Å². The first kappa shape index (κ1) is 29.5. The fourth-order valence-electron chi connectivity index (χ4n) is 8.66. The van der Waals surface area contributed by atoms with Crippen LogP contribution in [0.2, 0.25) is 0 Å². The van der Waals surface area contributed by atoms with Gasteiger partial charge in [0.2, 0.25) is 0 Å². The molecule has 0 unspecified atom stereocenters. The van der Waals surface area contributed by atoms with Crippen LogP contribution in [-0.2, 0) is 0 Å². The maximum absolute atomic E-state index is 2.82. The summed E-state index contributed by atoms with van der Waals surface area (Å²) in [5.41, 5.74) is 7.18. The van der Waals surface area contributed by atoms with Crippen molar-refractivity contribution in [2.45, 2.75) is 0 Å². The van der Waals surface area contributed by atoms with Crippen LogP contribution < -0.4 is 20.7 Å². The molecule has 0 amide bonds. The third kappa shape index (κ3) is 4.35. The molecule has 0 aliphatic carbocycles. The molecule has 0 aliphatic heterocycles. The van der Waals surface area contributed by atoms with E-state index in [1.807, 2.05) is 0 Å². The quantitative estimate of drug-likeness (QED) is 0.124. The van der Waals surface area contributed by atoms with Crippen LogP contribution >= 0.6 is 0 Å². The maximum Gasteiger partial charge on any atom is 0.180 e. The van der Waals surface area contributed by atoms with Crippen LogP contribution in [0.3, 0.4) is 0 Å². The summed E-state index contributed by atoms with van der Waals surface area (Å²) >= 11 is 0. The van der Waals surface area contributed by atoms with Gasteiger partial charge in [-0.05, 0) is 63.2 Å². The standard InChI is InChI=1S/C48H34N2Si/c1-5-19-35(20-6-1)49-41-29-15-13-27-39(41)47-43(49)31-17-32-44(47)50-42-30-16-14-28-40(42)48-45(50)33-18-34-46(48)51(36-21-7-2-8-22-36,37-23-9-3-10-24-37)38-25-11-4-12-26-38/h1-34H. The Kier molecular flexibility index (Phi) is 6.86. The van der Waals surface area contributed by atoms with Gasteiger partial charge in [-0.25, -0.2) is 0 Å². The number of fused-ring (bicyclic) bond motifs is 6. The van der Waals surface area contributed by atoms with Crippen LogP contribution in [0.25, 0.3) is 55.0 Å². The van der Waals surface area contributed by atoms with Crippen molar-refractivity contribution < 1.29 is 0 Å². The molecule has 10 rings (SSSR count). The van der Waals surface area contributed by atoms with Crippen molar-refractivity contribution in [2.24, 2.45) is 0 Å². The van der Waals surface area contributed by atoms with Gasteiger partial charge in [0.1, 0.15) is 0 Å². The molecule has 2 heterocycles. The molecule has 0 saturated heterocycles. The van der Waals surface area contributed by atoms with Crippen LogP contribution in [0.15, 0.2) is 206 Å². The predicted molar refractivity (Wildman–Crippen MR) is 219 cm³/mol. The first-order valence-electron chi connectivity index (χ1n) is 17.6. The van der Waals surface area contributed by atoms with Crippen molar-refractivity contribution in [3.05, 3.63) is 206 Å². The van der Waals surface area contributed by atoms with E-state index in [-0.39, 0.29) is 0 Å². The number of aromatic nitrogens is 2. The van der Waals surface area contributed by atoms with E-state index in [1.54, 1.807) is 0 Å². The number of rotatable bonds is 6. The number of benzene rings is 8. The smallest absolute Gasteiger partial charge is 0.180 e. The van der Waals surface area contributed by atoms with Crippen molar-refractivity contribution in [1.29, 1.82) is 0 Å². The molecule has 0 spiro atoms. The topological polar surface area (TPSA) is 9.86 Å². The van der Waals surface area contributed by atoms with Crippen LogP contribution in [0.1, 0.15) is 0 Å². The fraction of sp³-hybridized carbons (Fsp3) is 0. The van der Waals surface area contributed by atoms with E-state index in [0.29, 0.717) is 0 Å². The van der Waals surface area contributed by atoms with E-state index in [2.05, 4.69) is 215 Å². The summed E-state index contributed by atoms with van der Waals surface area (Å²) in [7, 11) is -2.82. The average molecular weight is 667 g/mol. The van der Waals surface area contributed by atoms with Crippen molar-refractivity contribution in [1.82, 2.24) is 9.13 Å². The molecule has 0 atom stereocenters. The number of nitrogens with zero attached hydrogens (tertiary/aromatic N) is 2. The van der Waals surface area contributed by atoms with Gasteiger partial charge in [0.25, 0.3) is 0 Å². The Morgan fingerprint density at radius 3 is 1.27 bits per heavy atom. The van der Waals surface area contributed by atoms with Crippen LogP contribution in [0.4, 0.5) is 0 Å². The number of hydrogen-bond donors (Lipinski definition) is 0. The van der Waals surface area contributed by atoms with Crippen molar-refractivity contribution in [2.75, 3.05) is 0 Å². The van der Waals surface area contributed by atoms with Gasteiger partial charge in [-0.1, -0.05) is 164 Å². The van der Waals surface area contributed by atoms with Gasteiger partial charge in [0, 0.05) is 27.2 Å². The van der Waals surface area contributed by atoms with Crippen LogP contribution in [0.5, 0.6) is 0 Å². The Morgan fingerprint density at radius 2 is 0.706 bits per heavy atom. The van der Waals surface area contributed by atoms with Crippen LogP contribution in [0, 0.1) is 0 Å². The molecular weight excluding hydrogens is 633 g/mol. The van der Waals surface area contributed by atoms with E-state index in [0.717, 1.165) is 5.69 Å². The molecule has 0 radical (unpaired) electrons. The highest BCUT2D eigenvalue weighted by atomic mass is 28.3. The van der Waals surface area contributed by atoms with Gasteiger partial charge in [-0.15, -0.1) is 0 Å². The highest BCUT2D eigenvalue weighted by Gasteiger charge is 2.43. The lowest BCUT2D eigenvalue weighted by molar-refractivity contribution is 1.17. The van der Waals surface area contributed by atoms with E-state index in [1.165, 1.54) is 70.0 Å². The SMILES string of the molecule is c1ccc(-n2c3ccccc3c3c(-n4c5ccccc5c5c([Si](c6ccccc6)(c6ccccc6)c6ccccc6)cccc54)cccc32)cc1. The Bertz CT molecular complexity index is 2740. The van der Waals surface area contributed by atoms with Crippen molar-refractivity contribution >= 4 is 72.4 Å². The second kappa shape index (κ2) is 11.9. The summed E-state index contributed by atoms with van der Waals surface area (Å²) in [5.74, 6) is 0. The number of para-hydroxylation sites is 3. The molecule has 0 N–H and O–H groups in total. The minimum atomic E-state index is -2.82. The summed E-state index contributed by atoms with van der Waals surface area (Å²) in [6.07, 6.45) is 0. The minimum Gasteiger partial charge on any atom is -0.309 e. The minimum absolute atomic E-state index is 1.16. The first-order valence-corrected chi connectivity index (χ1v) is 19.6. The Morgan fingerprint density at radius 1 is 0.294 bits per heavy atom. The molecule has 240 valence electrons. The van der Waals surface area contributed by atoms with Crippen LogP contribution in [-0.4, -0.2) is 17.2 Å². The summed E-state index contributed by atoms with van der Waals surface area (Å²) in [4.78, 5) is 0. The zero-order chi connectivity index (χ0) is 33.8. The molecule has 2 aromatic heterocycles. The van der Waals surface area contributed by atoms with E-state index in [4.69, 9.17) is 0 Å². The third-order valence-electron chi connectivity index (χ3n) is 10.7. The lowest BCUT2D eigenvalue weighted by atomic mass is 10.1. The maximum atomic E-state index is 2.53. The molecule has 8 aromatic carbocycles. The highest BCUT2D eigenvalue weighted by molar-refractivity contribution is 7.20. The molecular formula is C48H34N2Si. The lowest BCUT2D eigenvalue weighted by Gasteiger charge is -2.35. The zero-order valence-corrected chi connectivity index (χ0v) is 29.0. The predicted octanol–water partition coefficient (Wildman–Crippen LogP) is 9.26. The van der Waals surface area contributed by atoms with Gasteiger partial charge < -0.3 is 9.13 Å². The fourth-order valence-corrected chi connectivity index (χ4v) is 13.7. The molecule has 51 heavy (non-hydrogen) atoms. The van der Waals surface area contributed by atoms with E-state index in [9.17, 15) is 0 Å². The monoisotopic (exact) mass is 666 g/mol. The third-order valence-corrected chi connectivity index (χ3v) is 15.5. The normalized spacial score (nSPS) is 11.9. The summed E-state index contributed by atoms with van der Waals surface area (Å²) < 4.78 is 4.93. The van der Waals surface area contributed by atoms with Crippen molar-refractivity contribution in [3.8, 4) is 11.4 Å². The number of hydrogen-bond acceptors (Lipinski definition) is 0. The second-order valence-corrected chi connectivity index (χ2v) is 17.0. The Hall–Kier alpha value is -6.42. The Balaban J connectivity index is 1.37. The molecule has 3 heteroatoms. The first-order chi connectivity index (χ1) is 25.4. The molecule has 0 aliphatic rings. The molecule has 2 nitrogen and oxygen atoms in total. The van der Waals surface area contributed by atoms with Gasteiger partial charge >= 0.3 is 0 Å². The largest absolute Gasteiger partial charge is 0.309 e. The van der Waals surface area contributed by atoms with Gasteiger partial charge in [0.05, 0.1) is 27.8 Å². The van der Waals surface area contributed by atoms with Gasteiger partial charge in [0.15, 0.2) is 8.07 Å². The summed E-state index contributed by atoms with van der Waals surface area (Å²) in [6, 6.07) is 76.1. The molecule has 0 bridgehead atoms. The highest BCUT2D eigenvalue weighted by Crippen LogP contribution is 2.39. The second-order valence-electron chi connectivity index (χ2n) is 13.3. The Labute approximate surface area is 298 Å². The van der Waals surface area contributed by atoms with Gasteiger partial charge in [-0.3, -0.25) is 0 Å². The molecule has 0 saturated carbocycles.